The summed E-state index contributed by atoms with van der Waals surface area (Å²) < 4.78 is 92.0. The number of carboxylic acid groups (broad SMARTS) is 1. The number of ether oxygens (including phenoxy) is 3. The van der Waals surface area contributed by atoms with Crippen molar-refractivity contribution in [2.45, 2.75) is 44.6 Å². The first-order chi connectivity index (χ1) is 19.3. The molecular weight excluding hydrogens is 562 g/mol. The number of aliphatic carboxylic acids is 1. The van der Waals surface area contributed by atoms with Crippen LogP contribution in [0.15, 0.2) is 48.5 Å². The van der Waals surface area contributed by atoms with Crippen LogP contribution in [0, 0.1) is 0 Å². The lowest BCUT2D eigenvalue weighted by Crippen LogP contribution is -2.40. The SMILES string of the molecule is CCOC(Cc1ccc(OCCN(CCOCCCC(F)(F)F)C(=O)Nc2cccc(C(F)(F)F)c2)cc1)C(=O)O. The number of benzene rings is 2. The van der Waals surface area contributed by atoms with Crippen molar-refractivity contribution < 1.29 is 55.2 Å². The maximum Gasteiger partial charge on any atom is 0.416 e. The Morgan fingerprint density at radius 3 is 2.27 bits per heavy atom. The van der Waals surface area contributed by atoms with E-state index in [4.69, 9.17) is 14.2 Å². The molecule has 1 unspecified atom stereocenters. The first-order valence-corrected chi connectivity index (χ1v) is 12.7. The van der Waals surface area contributed by atoms with E-state index in [1.165, 1.54) is 11.0 Å². The van der Waals surface area contributed by atoms with Crippen molar-refractivity contribution in [3.63, 3.8) is 0 Å². The first-order valence-electron chi connectivity index (χ1n) is 12.7. The molecule has 0 aliphatic heterocycles. The third kappa shape index (κ3) is 13.1. The molecule has 14 heteroatoms. The van der Waals surface area contributed by atoms with Crippen molar-refractivity contribution in [2.24, 2.45) is 0 Å². The summed E-state index contributed by atoms with van der Waals surface area (Å²) in [7, 11) is 0. The van der Waals surface area contributed by atoms with Crippen molar-refractivity contribution in [3.8, 4) is 5.75 Å². The van der Waals surface area contributed by atoms with Gasteiger partial charge in [-0.1, -0.05) is 18.2 Å². The van der Waals surface area contributed by atoms with Gasteiger partial charge >= 0.3 is 24.4 Å². The van der Waals surface area contributed by atoms with Crippen molar-refractivity contribution in [1.82, 2.24) is 4.90 Å². The minimum Gasteiger partial charge on any atom is -0.492 e. The molecule has 0 saturated carbocycles. The van der Waals surface area contributed by atoms with Gasteiger partial charge in [0, 0.05) is 38.3 Å². The second-order valence-electron chi connectivity index (χ2n) is 8.81. The van der Waals surface area contributed by atoms with Gasteiger partial charge in [0.1, 0.15) is 12.4 Å². The fraction of sp³-hybridized carbons (Fsp3) is 0.481. The number of hydrogen-bond acceptors (Lipinski definition) is 5. The summed E-state index contributed by atoms with van der Waals surface area (Å²) in [4.78, 5) is 25.3. The third-order valence-electron chi connectivity index (χ3n) is 5.60. The van der Waals surface area contributed by atoms with Gasteiger partial charge in [-0.15, -0.1) is 0 Å². The van der Waals surface area contributed by atoms with Gasteiger partial charge in [0.2, 0.25) is 0 Å². The number of carbonyl (C=O) groups excluding carboxylic acids is 1. The summed E-state index contributed by atoms with van der Waals surface area (Å²) in [6, 6.07) is 9.87. The zero-order valence-electron chi connectivity index (χ0n) is 22.3. The van der Waals surface area contributed by atoms with E-state index in [1.54, 1.807) is 31.2 Å². The second kappa shape index (κ2) is 16.1. The van der Waals surface area contributed by atoms with Crippen LogP contribution in [-0.2, 0) is 26.9 Å². The van der Waals surface area contributed by atoms with Crippen molar-refractivity contribution in [3.05, 3.63) is 59.7 Å². The summed E-state index contributed by atoms with van der Waals surface area (Å²) in [5, 5.41) is 11.6. The number of anilines is 1. The smallest absolute Gasteiger partial charge is 0.416 e. The number of halogens is 6. The molecule has 0 aliphatic carbocycles. The highest BCUT2D eigenvalue weighted by atomic mass is 19.4. The molecule has 228 valence electrons. The minimum absolute atomic E-state index is 0.0239. The van der Waals surface area contributed by atoms with Crippen LogP contribution in [0.3, 0.4) is 0 Å². The number of carboxylic acids is 1. The lowest BCUT2D eigenvalue weighted by Gasteiger charge is -2.23. The zero-order valence-corrected chi connectivity index (χ0v) is 22.3. The van der Waals surface area contributed by atoms with Crippen LogP contribution in [0.2, 0.25) is 0 Å². The van der Waals surface area contributed by atoms with Gasteiger partial charge in [0.25, 0.3) is 0 Å². The van der Waals surface area contributed by atoms with E-state index < -0.39 is 42.4 Å². The number of nitrogens with zero attached hydrogens (tertiary/aromatic N) is 1. The molecule has 0 aromatic heterocycles. The van der Waals surface area contributed by atoms with Crippen molar-refractivity contribution in [2.75, 3.05) is 44.8 Å². The number of nitrogens with one attached hydrogen (secondary N) is 1. The Balaban J connectivity index is 1.97. The average molecular weight is 595 g/mol. The van der Waals surface area contributed by atoms with Gasteiger partial charge in [-0.2, -0.15) is 26.3 Å². The Hall–Kier alpha value is -3.52. The number of urea groups is 1. The van der Waals surface area contributed by atoms with Gasteiger partial charge in [-0.25, -0.2) is 9.59 Å². The predicted molar refractivity (Wildman–Crippen MR) is 137 cm³/mol. The summed E-state index contributed by atoms with van der Waals surface area (Å²) >= 11 is 0. The summed E-state index contributed by atoms with van der Waals surface area (Å²) in [6.07, 6.45) is -11.0. The monoisotopic (exact) mass is 594 g/mol. The first kappa shape index (κ1) is 33.7. The molecule has 0 radical (unpaired) electrons. The van der Waals surface area contributed by atoms with Gasteiger partial charge < -0.3 is 29.5 Å². The van der Waals surface area contributed by atoms with Gasteiger partial charge in [-0.3, -0.25) is 0 Å². The Bertz CT molecular complexity index is 1090. The highest BCUT2D eigenvalue weighted by Gasteiger charge is 2.30. The predicted octanol–water partition coefficient (Wildman–Crippen LogP) is 6.01. The van der Waals surface area contributed by atoms with E-state index in [-0.39, 0.29) is 58.0 Å². The van der Waals surface area contributed by atoms with Gasteiger partial charge in [0.05, 0.1) is 18.7 Å². The van der Waals surface area contributed by atoms with Crippen LogP contribution in [0.4, 0.5) is 36.8 Å². The quantitative estimate of drug-likeness (QED) is 0.183. The molecule has 2 aromatic rings. The summed E-state index contributed by atoms with van der Waals surface area (Å²) in [5.41, 5.74) is -0.343. The molecule has 0 aliphatic rings. The normalized spacial score (nSPS) is 12.6. The van der Waals surface area contributed by atoms with E-state index in [0.29, 0.717) is 11.3 Å². The Kier molecular flexibility index (Phi) is 13.2. The third-order valence-corrected chi connectivity index (χ3v) is 5.60. The molecule has 2 N–H and O–H groups in total. The Labute approximate surface area is 233 Å². The molecule has 2 rings (SSSR count). The fourth-order valence-electron chi connectivity index (χ4n) is 3.57. The maximum absolute atomic E-state index is 13.0. The van der Waals surface area contributed by atoms with E-state index >= 15 is 0 Å². The van der Waals surface area contributed by atoms with Crippen molar-refractivity contribution in [1.29, 1.82) is 0 Å². The topological polar surface area (TPSA) is 97.3 Å². The minimum atomic E-state index is -4.61. The Morgan fingerprint density at radius 2 is 1.66 bits per heavy atom. The number of amides is 2. The van der Waals surface area contributed by atoms with Crippen LogP contribution in [-0.4, -0.2) is 73.8 Å². The highest BCUT2D eigenvalue weighted by Crippen LogP contribution is 2.30. The largest absolute Gasteiger partial charge is 0.492 e. The van der Waals surface area contributed by atoms with Crippen LogP contribution in [0.25, 0.3) is 0 Å². The molecule has 1 atom stereocenters. The molecule has 2 aromatic carbocycles. The van der Waals surface area contributed by atoms with Gasteiger partial charge in [-0.05, 0) is 49.2 Å². The lowest BCUT2D eigenvalue weighted by molar-refractivity contribution is -0.150. The van der Waals surface area contributed by atoms with Crippen LogP contribution < -0.4 is 10.1 Å². The number of carbonyl (C=O) groups is 2. The molecule has 8 nitrogen and oxygen atoms in total. The maximum atomic E-state index is 13.0. The Morgan fingerprint density at radius 1 is 0.976 bits per heavy atom. The standard InChI is InChI=1S/C27H32F6N2O6/c1-2-40-23(24(36)37)17-19-7-9-22(10-8-19)41-16-13-35(12-15-39-14-4-11-26(28,29)30)25(38)34-21-6-3-5-20(18-21)27(31,32)33/h3,5-10,18,23H,2,4,11-17H2,1H3,(H,34,38)(H,36,37). The van der Waals surface area contributed by atoms with Gasteiger partial charge in [0.15, 0.2) is 6.10 Å². The van der Waals surface area contributed by atoms with E-state index in [1.807, 2.05) is 0 Å². The van der Waals surface area contributed by atoms with E-state index in [9.17, 15) is 41.0 Å². The summed E-state index contributed by atoms with van der Waals surface area (Å²) in [5.74, 6) is -0.668. The number of alkyl halides is 6. The van der Waals surface area contributed by atoms with Crippen LogP contribution in [0.1, 0.15) is 30.9 Å². The van der Waals surface area contributed by atoms with Crippen molar-refractivity contribution >= 4 is 17.7 Å². The zero-order chi connectivity index (χ0) is 30.5. The molecule has 41 heavy (non-hydrogen) atoms. The molecule has 2 amide bonds. The van der Waals surface area contributed by atoms with E-state index in [2.05, 4.69) is 5.32 Å². The summed E-state index contributed by atoms with van der Waals surface area (Å²) in [6.45, 7) is 1.53. The van der Waals surface area contributed by atoms with E-state index in [0.717, 1.165) is 18.2 Å². The lowest BCUT2D eigenvalue weighted by atomic mass is 10.1. The molecule has 0 saturated heterocycles. The second-order valence-corrected chi connectivity index (χ2v) is 8.81. The van der Waals surface area contributed by atoms with Crippen LogP contribution in [0.5, 0.6) is 5.75 Å². The molecule has 0 heterocycles. The molecule has 0 bridgehead atoms. The highest BCUT2D eigenvalue weighted by molar-refractivity contribution is 5.89. The number of rotatable bonds is 16. The molecule has 0 spiro atoms. The number of hydrogen-bond donors (Lipinski definition) is 2. The fourth-order valence-corrected chi connectivity index (χ4v) is 3.57. The van der Waals surface area contributed by atoms with Crippen LogP contribution >= 0.6 is 0 Å². The molecule has 0 fully saturated rings. The molecular formula is C27H32F6N2O6. The average Bonchev–Trinajstić information content (AvgIpc) is 2.89.